The van der Waals surface area contributed by atoms with Crippen molar-refractivity contribution < 1.29 is 14.6 Å². The highest BCUT2D eigenvalue weighted by atomic mass is 35.5. The first-order valence-corrected chi connectivity index (χ1v) is 12.3. The average molecular weight is 509 g/mol. The van der Waals surface area contributed by atoms with Crippen molar-refractivity contribution in [2.75, 3.05) is 13.2 Å². The summed E-state index contributed by atoms with van der Waals surface area (Å²) in [5, 5.41) is 11.1. The Morgan fingerprint density at radius 2 is 1.83 bits per heavy atom. The summed E-state index contributed by atoms with van der Waals surface area (Å²) in [6.45, 7) is 6.52. The molecule has 1 atom stereocenters. The van der Waals surface area contributed by atoms with E-state index < -0.39 is 5.72 Å². The number of hydrogen-bond acceptors (Lipinski definition) is 4. The number of nitrogens with zero attached hydrogens (tertiary/aromatic N) is 2. The van der Waals surface area contributed by atoms with E-state index in [4.69, 9.17) is 27.9 Å². The van der Waals surface area contributed by atoms with Gasteiger partial charge in [0.1, 0.15) is 0 Å². The van der Waals surface area contributed by atoms with Crippen molar-refractivity contribution in [2.24, 2.45) is 5.41 Å². The van der Waals surface area contributed by atoms with Crippen LogP contribution in [0.3, 0.4) is 0 Å². The molecule has 1 saturated carbocycles. The molecule has 1 N–H and O–H groups in total. The maximum absolute atomic E-state index is 14.0. The van der Waals surface area contributed by atoms with Gasteiger partial charge in [-0.05, 0) is 55.7 Å². The van der Waals surface area contributed by atoms with Crippen molar-refractivity contribution in [3.05, 3.63) is 105 Å². The van der Waals surface area contributed by atoms with Crippen LogP contribution in [0.25, 0.3) is 5.57 Å². The van der Waals surface area contributed by atoms with Gasteiger partial charge in [0.05, 0.1) is 30.5 Å². The van der Waals surface area contributed by atoms with E-state index in [1.807, 2.05) is 37.3 Å². The van der Waals surface area contributed by atoms with E-state index in [1.165, 1.54) is 0 Å². The smallest absolute Gasteiger partial charge is 0.257 e. The minimum absolute atomic E-state index is 0.0395. The lowest BCUT2D eigenvalue weighted by Crippen LogP contribution is -2.47. The highest BCUT2D eigenvalue weighted by Gasteiger charge is 2.54. The van der Waals surface area contributed by atoms with Gasteiger partial charge in [-0.2, -0.15) is 0 Å². The number of ether oxygens (including phenoxy) is 1. The van der Waals surface area contributed by atoms with Crippen LogP contribution in [-0.2, 0) is 17.0 Å². The van der Waals surface area contributed by atoms with Gasteiger partial charge in [0.2, 0.25) is 0 Å². The summed E-state index contributed by atoms with van der Waals surface area (Å²) in [5.74, 6) is -0.163. The molecule has 0 bridgehead atoms. The van der Waals surface area contributed by atoms with E-state index in [2.05, 4.69) is 11.6 Å². The molecular formula is C28H26Cl2N2O3. The first-order chi connectivity index (χ1) is 16.8. The molecular weight excluding hydrogens is 483 g/mol. The van der Waals surface area contributed by atoms with Crippen LogP contribution in [0.5, 0.6) is 0 Å². The van der Waals surface area contributed by atoms with E-state index in [1.54, 1.807) is 35.4 Å². The van der Waals surface area contributed by atoms with Crippen LogP contribution in [-0.4, -0.2) is 34.1 Å². The fraction of sp³-hybridized carbons (Fsp3) is 0.286. The first-order valence-electron chi connectivity index (χ1n) is 11.5. The molecule has 0 radical (unpaired) electrons. The summed E-state index contributed by atoms with van der Waals surface area (Å²) < 4.78 is 6.77. The van der Waals surface area contributed by atoms with Gasteiger partial charge >= 0.3 is 0 Å². The van der Waals surface area contributed by atoms with Gasteiger partial charge in [-0.25, -0.2) is 0 Å². The van der Waals surface area contributed by atoms with Crippen molar-refractivity contribution in [3.63, 3.8) is 0 Å². The summed E-state index contributed by atoms with van der Waals surface area (Å²) in [4.78, 5) is 20.1. The van der Waals surface area contributed by atoms with Crippen LogP contribution in [0.15, 0.2) is 67.4 Å². The van der Waals surface area contributed by atoms with Gasteiger partial charge in [-0.3, -0.25) is 14.7 Å². The highest BCUT2D eigenvalue weighted by molar-refractivity contribution is 6.30. The van der Waals surface area contributed by atoms with Crippen LogP contribution in [0.4, 0.5) is 0 Å². The zero-order chi connectivity index (χ0) is 24.8. The Labute approximate surface area is 215 Å². The average Bonchev–Trinajstić information content (AvgIpc) is 3.61. The van der Waals surface area contributed by atoms with Crippen molar-refractivity contribution in [2.45, 2.75) is 32.0 Å². The third-order valence-electron chi connectivity index (χ3n) is 6.96. The van der Waals surface area contributed by atoms with Gasteiger partial charge < -0.3 is 9.84 Å². The summed E-state index contributed by atoms with van der Waals surface area (Å²) >= 11 is 12.3. The van der Waals surface area contributed by atoms with Crippen molar-refractivity contribution in [1.82, 2.24) is 9.88 Å². The van der Waals surface area contributed by atoms with E-state index in [9.17, 15) is 9.90 Å². The quantitative estimate of drug-likeness (QED) is 0.401. The number of amides is 1. The summed E-state index contributed by atoms with van der Waals surface area (Å²) in [5.41, 5.74) is 3.03. The van der Waals surface area contributed by atoms with Crippen molar-refractivity contribution in [3.8, 4) is 0 Å². The second kappa shape index (κ2) is 9.07. The highest BCUT2D eigenvalue weighted by Crippen LogP contribution is 2.51. The number of aliphatic hydroxyl groups is 1. The van der Waals surface area contributed by atoms with Crippen molar-refractivity contribution in [1.29, 1.82) is 0 Å². The number of aromatic nitrogens is 1. The molecule has 0 saturated heterocycles. The largest absolute Gasteiger partial charge is 0.396 e. The number of halogens is 2. The van der Waals surface area contributed by atoms with Gasteiger partial charge in [0.15, 0.2) is 5.72 Å². The predicted octanol–water partition coefficient (Wildman–Crippen LogP) is 6.07. The number of carbonyl (C=O) groups is 1. The molecule has 0 spiro atoms. The molecule has 1 aliphatic heterocycles. The molecule has 1 aromatic heterocycles. The molecule has 1 aliphatic carbocycles. The molecule has 5 rings (SSSR count). The standard InChI is InChI=1S/C28H26Cl2N2O3/c1-18(2)19-3-10-25-24(13-19)26(34)32(15-23-9-8-22(30)14-31-23)28(25,20-4-6-21(29)7-5-20)35-17-27(16-33)11-12-27/h3-10,13-14,33H,1,11-12,15-17H2,2H3. The lowest BCUT2D eigenvalue weighted by molar-refractivity contribution is -0.129. The van der Waals surface area contributed by atoms with Crippen LogP contribution in [0, 0.1) is 5.41 Å². The number of pyridine rings is 1. The Balaban J connectivity index is 1.69. The molecule has 1 fully saturated rings. The fourth-order valence-electron chi connectivity index (χ4n) is 4.57. The van der Waals surface area contributed by atoms with Crippen LogP contribution in [0.2, 0.25) is 10.0 Å². The normalized spacial score (nSPS) is 20.1. The molecule has 5 nitrogen and oxygen atoms in total. The minimum atomic E-state index is -1.21. The molecule has 2 aromatic carbocycles. The summed E-state index contributed by atoms with van der Waals surface area (Å²) in [6.07, 6.45) is 3.34. The number of aliphatic hydroxyl groups excluding tert-OH is 1. The summed E-state index contributed by atoms with van der Waals surface area (Å²) in [6, 6.07) is 16.7. The molecule has 7 heteroatoms. The molecule has 35 heavy (non-hydrogen) atoms. The Bertz CT molecular complexity index is 1290. The molecule has 1 amide bonds. The van der Waals surface area contributed by atoms with Gasteiger partial charge in [0.25, 0.3) is 5.91 Å². The predicted molar refractivity (Wildman–Crippen MR) is 137 cm³/mol. The van der Waals surface area contributed by atoms with Crippen LogP contribution < -0.4 is 0 Å². The van der Waals surface area contributed by atoms with E-state index in [0.29, 0.717) is 27.9 Å². The number of rotatable bonds is 8. The van der Waals surface area contributed by atoms with Gasteiger partial charge in [-0.1, -0.05) is 59.6 Å². The fourth-order valence-corrected chi connectivity index (χ4v) is 4.81. The second-order valence-electron chi connectivity index (χ2n) is 9.50. The second-order valence-corrected chi connectivity index (χ2v) is 10.4. The number of fused-ring (bicyclic) bond motifs is 1. The third kappa shape index (κ3) is 4.27. The molecule has 180 valence electrons. The molecule has 2 heterocycles. The van der Waals surface area contributed by atoms with E-state index >= 15 is 0 Å². The summed E-state index contributed by atoms with van der Waals surface area (Å²) in [7, 11) is 0. The van der Waals surface area contributed by atoms with Crippen molar-refractivity contribution >= 4 is 34.7 Å². The van der Waals surface area contributed by atoms with E-state index in [-0.39, 0.29) is 24.5 Å². The number of hydrogen-bond donors (Lipinski definition) is 1. The minimum Gasteiger partial charge on any atom is -0.396 e. The van der Waals surface area contributed by atoms with E-state index in [0.717, 1.165) is 35.1 Å². The number of benzene rings is 2. The zero-order valence-electron chi connectivity index (χ0n) is 19.4. The van der Waals surface area contributed by atoms with Gasteiger partial charge in [-0.15, -0.1) is 0 Å². The number of carbonyl (C=O) groups excluding carboxylic acids is 1. The SMILES string of the molecule is C=C(C)c1ccc2c(c1)C(=O)N(Cc1ccc(Cl)cn1)C2(OCC1(CO)CC1)c1ccc(Cl)cc1. The Hall–Kier alpha value is -2.70. The topological polar surface area (TPSA) is 62.7 Å². The Kier molecular flexibility index (Phi) is 6.22. The molecule has 3 aromatic rings. The number of allylic oxidation sites excluding steroid dienone is 1. The third-order valence-corrected chi connectivity index (χ3v) is 7.43. The maximum atomic E-state index is 14.0. The first kappa shape index (κ1) is 24.0. The molecule has 1 unspecified atom stereocenters. The lowest BCUT2D eigenvalue weighted by Gasteiger charge is -2.40. The maximum Gasteiger partial charge on any atom is 0.257 e. The zero-order valence-corrected chi connectivity index (χ0v) is 20.9. The lowest BCUT2D eigenvalue weighted by atomic mass is 9.91. The molecule has 2 aliphatic rings. The Morgan fingerprint density at radius 1 is 1.11 bits per heavy atom. The van der Waals surface area contributed by atoms with Crippen LogP contribution in [0.1, 0.15) is 52.5 Å². The Morgan fingerprint density at radius 3 is 2.43 bits per heavy atom. The van der Waals surface area contributed by atoms with Crippen LogP contribution >= 0.6 is 23.2 Å². The van der Waals surface area contributed by atoms with Gasteiger partial charge in [0, 0.05) is 33.3 Å². The monoisotopic (exact) mass is 508 g/mol.